The number of benzene rings is 1. The van der Waals surface area contributed by atoms with Crippen molar-refractivity contribution < 1.29 is 35.4 Å². The number of allylic oxidation sites excluding steroid dienone is 2. The van der Waals surface area contributed by atoms with E-state index in [-0.39, 0.29) is 35.4 Å². The van der Waals surface area contributed by atoms with E-state index >= 15 is 0 Å². The third-order valence-corrected chi connectivity index (χ3v) is 6.06. The maximum Gasteiger partial charge on any atom is 0.452 e. The van der Waals surface area contributed by atoms with Gasteiger partial charge in [-0.15, -0.1) is 0 Å². The van der Waals surface area contributed by atoms with E-state index < -0.39 is 23.9 Å². The van der Waals surface area contributed by atoms with E-state index in [9.17, 15) is 26.3 Å². The van der Waals surface area contributed by atoms with Gasteiger partial charge in [-0.3, -0.25) is 0 Å². The van der Waals surface area contributed by atoms with Crippen LogP contribution in [0.3, 0.4) is 0 Å². The topological polar surface area (TPSA) is 52.1 Å². The van der Waals surface area contributed by atoms with E-state index in [1.807, 2.05) is 0 Å². The first kappa shape index (κ1) is 22.5. The third kappa shape index (κ3) is 4.17. The summed E-state index contributed by atoms with van der Waals surface area (Å²) in [6.45, 7) is 0. The van der Waals surface area contributed by atoms with Crippen molar-refractivity contribution >= 4 is 23.3 Å². The Balaban J connectivity index is 1.41. The zero-order valence-electron chi connectivity index (χ0n) is 17.7. The highest BCUT2D eigenvalue weighted by Gasteiger charge is 2.42. The summed E-state index contributed by atoms with van der Waals surface area (Å²) < 4.78 is 88.0. The van der Waals surface area contributed by atoms with Crippen molar-refractivity contribution in [2.45, 2.75) is 50.9 Å². The van der Waals surface area contributed by atoms with Gasteiger partial charge in [0.05, 0.1) is 0 Å². The van der Waals surface area contributed by atoms with Crippen LogP contribution in [0.5, 0.6) is 0 Å². The molecule has 0 saturated heterocycles. The summed E-state index contributed by atoms with van der Waals surface area (Å²) >= 11 is 0. The van der Waals surface area contributed by atoms with E-state index in [2.05, 4.69) is 19.4 Å². The number of fused-ring (bicyclic) bond motifs is 2. The van der Waals surface area contributed by atoms with Crippen molar-refractivity contribution in [3.05, 3.63) is 69.4 Å². The molecule has 2 heterocycles. The Morgan fingerprint density at radius 3 is 1.35 bits per heavy atom. The van der Waals surface area contributed by atoms with Gasteiger partial charge in [-0.05, 0) is 73.0 Å². The molecular formula is C24H18F6N2O2. The van der Waals surface area contributed by atoms with Gasteiger partial charge in [-0.1, -0.05) is 34.6 Å². The molecule has 0 unspecified atom stereocenters. The van der Waals surface area contributed by atoms with Crippen molar-refractivity contribution in [3.8, 4) is 0 Å². The molecule has 0 saturated carbocycles. The second kappa shape index (κ2) is 8.18. The highest BCUT2D eigenvalue weighted by Crippen LogP contribution is 2.41. The summed E-state index contributed by atoms with van der Waals surface area (Å²) in [6.07, 6.45) is -2.79. The van der Waals surface area contributed by atoms with Crippen molar-refractivity contribution in [1.29, 1.82) is 0 Å². The SMILES string of the molecule is FC(F)(F)c1onc2c1CCC/C2=C\c1ccc(/C=C2\CCCc3c2noc3C(F)(F)F)cc1. The predicted molar refractivity (Wildman–Crippen MR) is 111 cm³/mol. The first-order chi connectivity index (χ1) is 16.1. The number of hydrogen-bond acceptors (Lipinski definition) is 4. The van der Waals surface area contributed by atoms with Gasteiger partial charge in [-0.2, -0.15) is 26.3 Å². The largest absolute Gasteiger partial charge is 0.452 e. The van der Waals surface area contributed by atoms with Crippen LogP contribution in [0.4, 0.5) is 26.3 Å². The lowest BCUT2D eigenvalue weighted by molar-refractivity contribution is -0.156. The van der Waals surface area contributed by atoms with Crippen LogP contribution < -0.4 is 0 Å². The molecule has 0 atom stereocenters. The van der Waals surface area contributed by atoms with Crippen LogP contribution in [0.25, 0.3) is 23.3 Å². The second-order valence-corrected chi connectivity index (χ2v) is 8.39. The monoisotopic (exact) mass is 480 g/mol. The van der Waals surface area contributed by atoms with Gasteiger partial charge in [0.2, 0.25) is 11.5 Å². The number of hydrogen-bond donors (Lipinski definition) is 0. The highest BCUT2D eigenvalue weighted by molar-refractivity contribution is 5.84. The number of halogens is 6. The van der Waals surface area contributed by atoms with Gasteiger partial charge in [0, 0.05) is 11.1 Å². The van der Waals surface area contributed by atoms with Crippen molar-refractivity contribution in [2.75, 3.05) is 0 Å². The molecule has 0 radical (unpaired) electrons. The molecule has 4 nitrogen and oxygen atoms in total. The van der Waals surface area contributed by atoms with Crippen LogP contribution in [0.1, 0.15) is 70.8 Å². The van der Waals surface area contributed by atoms with Crippen molar-refractivity contribution in [3.63, 3.8) is 0 Å². The standard InChI is InChI=1S/C24H18F6N2O2/c25-23(26,27)21-17-5-1-3-15(19(17)31-33-21)11-13-7-9-14(10-8-13)12-16-4-2-6-18-20(16)32-34-22(18)24(28,29)30/h7-12H,1-6H2/b15-11+,16-12+. The molecule has 10 heteroatoms. The maximum absolute atomic E-state index is 13.1. The molecule has 1 aromatic carbocycles. The van der Waals surface area contributed by atoms with Crippen LogP contribution >= 0.6 is 0 Å². The van der Waals surface area contributed by atoms with E-state index in [0.717, 1.165) is 11.1 Å². The van der Waals surface area contributed by atoms with Gasteiger partial charge in [0.25, 0.3) is 0 Å². The van der Waals surface area contributed by atoms with Gasteiger partial charge >= 0.3 is 12.4 Å². The molecule has 2 aromatic heterocycles. The lowest BCUT2D eigenvalue weighted by Gasteiger charge is -2.15. The Hall–Kier alpha value is -3.30. The molecule has 5 rings (SSSR count). The Morgan fingerprint density at radius 2 is 1.00 bits per heavy atom. The van der Waals surface area contributed by atoms with Crippen molar-refractivity contribution in [2.24, 2.45) is 0 Å². The van der Waals surface area contributed by atoms with Crippen molar-refractivity contribution in [1.82, 2.24) is 10.3 Å². The highest BCUT2D eigenvalue weighted by atomic mass is 19.4. The number of aromatic nitrogens is 2. The molecule has 178 valence electrons. The molecule has 0 bridgehead atoms. The predicted octanol–water partition coefficient (Wildman–Crippen LogP) is 7.45. The van der Waals surface area contributed by atoms with Crippen LogP contribution in [-0.4, -0.2) is 10.3 Å². The molecule has 0 N–H and O–H groups in total. The summed E-state index contributed by atoms with van der Waals surface area (Å²) in [5, 5.41) is 7.34. The van der Waals surface area contributed by atoms with E-state index in [1.165, 1.54) is 0 Å². The molecule has 3 aromatic rings. The first-order valence-corrected chi connectivity index (χ1v) is 10.7. The zero-order chi connectivity index (χ0) is 24.1. The molecule has 2 aliphatic rings. The van der Waals surface area contributed by atoms with Crippen LogP contribution in [0.2, 0.25) is 0 Å². The Bertz CT molecular complexity index is 1180. The zero-order valence-corrected chi connectivity index (χ0v) is 17.7. The Labute approximate surface area is 189 Å². The quantitative estimate of drug-likeness (QED) is 0.358. The number of nitrogens with zero attached hydrogens (tertiary/aromatic N) is 2. The number of alkyl halides is 6. The van der Waals surface area contributed by atoms with E-state index in [0.29, 0.717) is 36.8 Å². The minimum atomic E-state index is -4.58. The fraction of sp³-hybridized carbons (Fsp3) is 0.333. The lowest BCUT2D eigenvalue weighted by atomic mass is 9.89. The fourth-order valence-electron chi connectivity index (χ4n) is 4.55. The van der Waals surface area contributed by atoms with Gasteiger partial charge in [-0.25, -0.2) is 0 Å². The fourth-order valence-corrected chi connectivity index (χ4v) is 4.55. The average molecular weight is 480 g/mol. The molecule has 0 amide bonds. The average Bonchev–Trinajstić information content (AvgIpc) is 3.40. The Morgan fingerprint density at radius 1 is 0.618 bits per heavy atom. The maximum atomic E-state index is 13.1. The normalized spacial score (nSPS) is 18.9. The smallest absolute Gasteiger partial charge is 0.351 e. The molecule has 34 heavy (non-hydrogen) atoms. The summed E-state index contributed by atoms with van der Waals surface area (Å²) in [7, 11) is 0. The minimum absolute atomic E-state index is 0.0882. The van der Waals surface area contributed by atoms with E-state index in [1.54, 1.807) is 36.4 Å². The van der Waals surface area contributed by atoms with Crippen LogP contribution in [0, 0.1) is 0 Å². The molecule has 0 fully saturated rings. The summed E-state index contributed by atoms with van der Waals surface area (Å²) in [5.41, 5.74) is 3.54. The molecule has 0 aliphatic heterocycles. The lowest BCUT2D eigenvalue weighted by Crippen LogP contribution is -2.10. The number of rotatable bonds is 2. The van der Waals surface area contributed by atoms with E-state index in [4.69, 9.17) is 0 Å². The third-order valence-electron chi connectivity index (χ3n) is 6.06. The van der Waals surface area contributed by atoms with Crippen LogP contribution in [-0.2, 0) is 25.2 Å². The van der Waals surface area contributed by atoms with Gasteiger partial charge in [0.1, 0.15) is 11.4 Å². The Kier molecular flexibility index (Phi) is 5.41. The molecular weight excluding hydrogens is 462 g/mol. The molecule has 0 spiro atoms. The van der Waals surface area contributed by atoms with Gasteiger partial charge in [0.15, 0.2) is 0 Å². The summed E-state index contributed by atoms with van der Waals surface area (Å²) in [5.74, 6) is -2.08. The minimum Gasteiger partial charge on any atom is -0.351 e. The molecule has 2 aliphatic carbocycles. The van der Waals surface area contributed by atoms with Gasteiger partial charge < -0.3 is 9.05 Å². The second-order valence-electron chi connectivity index (χ2n) is 8.39. The summed E-state index contributed by atoms with van der Waals surface area (Å²) in [4.78, 5) is 0. The summed E-state index contributed by atoms with van der Waals surface area (Å²) in [6, 6.07) is 7.19. The first-order valence-electron chi connectivity index (χ1n) is 10.7. The van der Waals surface area contributed by atoms with Crippen LogP contribution in [0.15, 0.2) is 33.3 Å².